The van der Waals surface area contributed by atoms with Gasteiger partial charge in [0.1, 0.15) is 11.9 Å². The minimum atomic E-state index is -0.601. The Bertz CT molecular complexity index is 619. The normalized spacial score (nSPS) is 9.83. The zero-order valence-corrected chi connectivity index (χ0v) is 9.61. The van der Waals surface area contributed by atoms with Crippen LogP contribution in [-0.2, 0) is 0 Å². The molecule has 0 saturated heterocycles. The van der Waals surface area contributed by atoms with Crippen molar-refractivity contribution in [1.29, 1.82) is 5.26 Å². The Morgan fingerprint density at radius 1 is 1.33 bits per heavy atom. The summed E-state index contributed by atoms with van der Waals surface area (Å²) in [5, 5.41) is 11.4. The van der Waals surface area contributed by atoms with Crippen molar-refractivity contribution in [3.05, 3.63) is 34.9 Å². The van der Waals surface area contributed by atoms with E-state index in [-0.39, 0.29) is 22.7 Å². The summed E-state index contributed by atoms with van der Waals surface area (Å²) in [6, 6.07) is 5.64. The summed E-state index contributed by atoms with van der Waals surface area (Å²) >= 11 is 5.61. The van der Waals surface area contributed by atoms with Crippen molar-refractivity contribution in [1.82, 2.24) is 15.0 Å². The van der Waals surface area contributed by atoms with E-state index >= 15 is 0 Å². The predicted molar refractivity (Wildman–Crippen MR) is 63.6 cm³/mol. The lowest BCUT2D eigenvalue weighted by molar-refractivity contribution is 0.624. The molecule has 0 saturated carbocycles. The number of nitrogens with one attached hydrogen (secondary N) is 1. The fourth-order valence-electron chi connectivity index (χ4n) is 1.24. The standard InChI is InChI=1S/C10H6ClFN6/c11-8-16-9(14)18-10(17-8)15-6-1-2-7(12)5(3-6)4-13/h1-3H,(H3,14,15,16,17,18). The van der Waals surface area contributed by atoms with Crippen LogP contribution in [-0.4, -0.2) is 15.0 Å². The van der Waals surface area contributed by atoms with E-state index in [9.17, 15) is 4.39 Å². The second-order valence-corrected chi connectivity index (χ2v) is 3.56. The molecule has 0 radical (unpaired) electrons. The maximum atomic E-state index is 13.1. The van der Waals surface area contributed by atoms with Gasteiger partial charge in [-0.15, -0.1) is 0 Å². The Morgan fingerprint density at radius 3 is 2.78 bits per heavy atom. The molecule has 0 amide bonds. The first-order valence-electron chi connectivity index (χ1n) is 4.72. The number of halogens is 2. The first-order valence-corrected chi connectivity index (χ1v) is 5.10. The largest absolute Gasteiger partial charge is 0.368 e. The Kier molecular flexibility index (Phi) is 3.21. The molecule has 18 heavy (non-hydrogen) atoms. The van der Waals surface area contributed by atoms with Gasteiger partial charge in [0.15, 0.2) is 0 Å². The highest BCUT2D eigenvalue weighted by atomic mass is 35.5. The van der Waals surface area contributed by atoms with E-state index in [1.165, 1.54) is 12.1 Å². The summed E-state index contributed by atoms with van der Waals surface area (Å²) in [6.07, 6.45) is 0. The quantitative estimate of drug-likeness (QED) is 0.859. The summed E-state index contributed by atoms with van der Waals surface area (Å²) in [7, 11) is 0. The molecule has 1 aromatic carbocycles. The fourth-order valence-corrected chi connectivity index (χ4v) is 1.41. The third-order valence-electron chi connectivity index (χ3n) is 1.97. The molecule has 0 aliphatic carbocycles. The smallest absolute Gasteiger partial charge is 0.233 e. The van der Waals surface area contributed by atoms with Crippen molar-refractivity contribution in [3.8, 4) is 6.07 Å². The van der Waals surface area contributed by atoms with E-state index in [0.717, 1.165) is 6.07 Å². The minimum Gasteiger partial charge on any atom is -0.368 e. The number of nitriles is 1. The van der Waals surface area contributed by atoms with Gasteiger partial charge in [0, 0.05) is 5.69 Å². The zero-order chi connectivity index (χ0) is 13.1. The molecule has 3 N–H and O–H groups in total. The highest BCUT2D eigenvalue weighted by Gasteiger charge is 2.06. The van der Waals surface area contributed by atoms with E-state index in [1.54, 1.807) is 6.07 Å². The molecule has 6 nitrogen and oxygen atoms in total. The third kappa shape index (κ3) is 2.61. The molecule has 0 spiro atoms. The van der Waals surface area contributed by atoms with Gasteiger partial charge in [-0.05, 0) is 29.8 Å². The number of hydrogen-bond acceptors (Lipinski definition) is 6. The van der Waals surface area contributed by atoms with Gasteiger partial charge in [-0.3, -0.25) is 0 Å². The number of nitrogens with zero attached hydrogens (tertiary/aromatic N) is 4. The van der Waals surface area contributed by atoms with Crippen LogP contribution in [0.25, 0.3) is 0 Å². The highest BCUT2D eigenvalue weighted by molar-refractivity contribution is 6.28. The first-order chi connectivity index (χ1) is 8.58. The third-order valence-corrected chi connectivity index (χ3v) is 2.14. The van der Waals surface area contributed by atoms with E-state index in [4.69, 9.17) is 22.6 Å². The summed E-state index contributed by atoms with van der Waals surface area (Å²) in [5.74, 6) is -0.528. The van der Waals surface area contributed by atoms with Crippen molar-refractivity contribution in [2.45, 2.75) is 0 Å². The van der Waals surface area contributed by atoms with Crippen LogP contribution in [0.4, 0.5) is 22.0 Å². The van der Waals surface area contributed by atoms with Crippen molar-refractivity contribution in [2.75, 3.05) is 11.1 Å². The van der Waals surface area contributed by atoms with Crippen LogP contribution in [0.5, 0.6) is 0 Å². The Labute approximate surface area is 106 Å². The van der Waals surface area contributed by atoms with E-state index in [0.29, 0.717) is 5.69 Å². The summed E-state index contributed by atoms with van der Waals surface area (Å²) in [5.41, 5.74) is 5.74. The van der Waals surface area contributed by atoms with Crippen molar-refractivity contribution >= 4 is 29.2 Å². The second-order valence-electron chi connectivity index (χ2n) is 3.22. The molecular formula is C10H6ClFN6. The maximum Gasteiger partial charge on any atom is 0.233 e. The van der Waals surface area contributed by atoms with E-state index < -0.39 is 5.82 Å². The van der Waals surface area contributed by atoms with Crippen LogP contribution >= 0.6 is 11.6 Å². The predicted octanol–water partition coefficient (Wildman–Crippen LogP) is 1.86. The van der Waals surface area contributed by atoms with Gasteiger partial charge >= 0.3 is 0 Å². The average Bonchev–Trinajstić information content (AvgIpc) is 2.30. The zero-order valence-electron chi connectivity index (χ0n) is 8.85. The lowest BCUT2D eigenvalue weighted by Crippen LogP contribution is -2.03. The van der Waals surface area contributed by atoms with Crippen molar-refractivity contribution in [3.63, 3.8) is 0 Å². The van der Waals surface area contributed by atoms with E-state index in [2.05, 4.69) is 20.3 Å². The van der Waals surface area contributed by atoms with Gasteiger partial charge in [0.2, 0.25) is 17.2 Å². The SMILES string of the molecule is N#Cc1cc(Nc2nc(N)nc(Cl)n2)ccc1F. The molecule has 0 aliphatic heterocycles. The van der Waals surface area contributed by atoms with Crippen LogP contribution in [0.1, 0.15) is 5.56 Å². The molecule has 2 rings (SSSR count). The number of nitrogens with two attached hydrogens (primary N) is 1. The molecule has 90 valence electrons. The average molecular weight is 265 g/mol. The van der Waals surface area contributed by atoms with Crippen molar-refractivity contribution < 1.29 is 4.39 Å². The lowest BCUT2D eigenvalue weighted by Gasteiger charge is -2.05. The monoisotopic (exact) mass is 264 g/mol. The lowest BCUT2D eigenvalue weighted by atomic mass is 10.2. The fraction of sp³-hybridized carbons (Fsp3) is 0. The summed E-state index contributed by atoms with van der Waals surface area (Å²) < 4.78 is 13.1. The topological polar surface area (TPSA) is 101 Å². The molecular weight excluding hydrogens is 259 g/mol. The molecule has 0 aliphatic rings. The maximum absolute atomic E-state index is 13.1. The van der Waals surface area contributed by atoms with Gasteiger partial charge in [0.25, 0.3) is 0 Å². The number of rotatable bonds is 2. The number of hydrogen-bond donors (Lipinski definition) is 2. The number of anilines is 3. The molecule has 0 bridgehead atoms. The highest BCUT2D eigenvalue weighted by Crippen LogP contribution is 2.18. The number of nitrogen functional groups attached to an aromatic ring is 1. The van der Waals surface area contributed by atoms with E-state index in [1.807, 2.05) is 0 Å². The number of aromatic nitrogens is 3. The molecule has 0 fully saturated rings. The summed E-state index contributed by atoms with van der Waals surface area (Å²) in [6.45, 7) is 0. The van der Waals surface area contributed by atoms with Gasteiger partial charge in [0.05, 0.1) is 5.56 Å². The molecule has 0 atom stereocenters. The van der Waals surface area contributed by atoms with Crippen LogP contribution in [0.2, 0.25) is 5.28 Å². The second kappa shape index (κ2) is 4.81. The Morgan fingerprint density at radius 2 is 2.11 bits per heavy atom. The molecule has 1 heterocycles. The van der Waals surface area contributed by atoms with Gasteiger partial charge in [-0.2, -0.15) is 20.2 Å². The molecule has 2 aromatic rings. The van der Waals surface area contributed by atoms with Gasteiger partial charge in [-0.25, -0.2) is 4.39 Å². The molecule has 0 unspecified atom stereocenters. The molecule has 1 aromatic heterocycles. The van der Waals surface area contributed by atoms with Crippen LogP contribution in [0.15, 0.2) is 18.2 Å². The molecule has 8 heteroatoms. The first kappa shape index (κ1) is 12.0. The summed E-state index contributed by atoms with van der Waals surface area (Å²) in [4.78, 5) is 11.2. The van der Waals surface area contributed by atoms with Crippen LogP contribution < -0.4 is 11.1 Å². The van der Waals surface area contributed by atoms with Crippen molar-refractivity contribution in [2.24, 2.45) is 0 Å². The Balaban J connectivity index is 2.31. The van der Waals surface area contributed by atoms with Gasteiger partial charge < -0.3 is 11.1 Å². The number of benzene rings is 1. The minimum absolute atomic E-state index is 0.0416. The van der Waals surface area contributed by atoms with Crippen LogP contribution in [0, 0.1) is 17.1 Å². The van der Waals surface area contributed by atoms with Crippen LogP contribution in [0.3, 0.4) is 0 Å². The Hall–Kier alpha value is -2.46. The van der Waals surface area contributed by atoms with Gasteiger partial charge in [-0.1, -0.05) is 0 Å².